The Morgan fingerprint density at radius 3 is 2.56 bits per heavy atom. The second-order valence-electron chi connectivity index (χ2n) is 3.67. The number of hydrogen-bond acceptors (Lipinski definition) is 1. The van der Waals surface area contributed by atoms with E-state index < -0.39 is 5.82 Å². The first-order valence-corrected chi connectivity index (χ1v) is 5.03. The molecule has 0 saturated carbocycles. The largest absolute Gasteiger partial charge is 0.298 e. The summed E-state index contributed by atoms with van der Waals surface area (Å²) >= 11 is 0. The fourth-order valence-corrected chi connectivity index (χ4v) is 1.70. The van der Waals surface area contributed by atoms with Crippen molar-refractivity contribution in [1.29, 1.82) is 0 Å². The molecule has 0 unspecified atom stereocenters. The number of hydrogen-bond donors (Lipinski definition) is 0. The summed E-state index contributed by atoms with van der Waals surface area (Å²) in [6, 6.07) is 12.4. The third-order valence-corrected chi connectivity index (χ3v) is 2.58. The molecule has 0 fully saturated rings. The minimum atomic E-state index is -0.479. The number of halogens is 1. The average molecular weight is 214 g/mol. The molecule has 0 N–H and O–H groups in total. The highest BCUT2D eigenvalue weighted by atomic mass is 19.1. The smallest absolute Gasteiger partial charge is 0.153 e. The van der Waals surface area contributed by atoms with Gasteiger partial charge in [0.1, 0.15) is 5.82 Å². The van der Waals surface area contributed by atoms with Crippen LogP contribution in [0.4, 0.5) is 4.39 Å². The summed E-state index contributed by atoms with van der Waals surface area (Å²) in [6.07, 6.45) is 0.539. The maximum Gasteiger partial charge on any atom is 0.153 e. The number of benzene rings is 2. The number of carbonyl (C=O) groups excluding carboxylic acids is 1. The van der Waals surface area contributed by atoms with Crippen molar-refractivity contribution in [3.8, 4) is 11.1 Å². The second kappa shape index (κ2) is 4.27. The lowest BCUT2D eigenvalue weighted by Gasteiger charge is -2.06. The van der Waals surface area contributed by atoms with Gasteiger partial charge < -0.3 is 0 Å². The SMILES string of the molecule is Cc1ccccc1-c1ccc(F)c(C=O)c1. The third kappa shape index (κ3) is 1.87. The Balaban J connectivity index is 2.57. The predicted molar refractivity (Wildman–Crippen MR) is 62.0 cm³/mol. The summed E-state index contributed by atoms with van der Waals surface area (Å²) in [7, 11) is 0. The topological polar surface area (TPSA) is 17.1 Å². The summed E-state index contributed by atoms with van der Waals surface area (Å²) < 4.78 is 13.2. The first-order valence-electron chi connectivity index (χ1n) is 5.03. The van der Waals surface area contributed by atoms with Gasteiger partial charge in [-0.15, -0.1) is 0 Å². The molecule has 0 amide bonds. The maximum absolute atomic E-state index is 13.2. The molecule has 0 aliphatic rings. The minimum Gasteiger partial charge on any atom is -0.298 e. The van der Waals surface area contributed by atoms with Crippen LogP contribution in [0.3, 0.4) is 0 Å². The van der Waals surface area contributed by atoms with Gasteiger partial charge in [0.25, 0.3) is 0 Å². The highest BCUT2D eigenvalue weighted by molar-refractivity contribution is 5.79. The fraction of sp³-hybridized carbons (Fsp3) is 0.0714. The number of aldehydes is 1. The lowest BCUT2D eigenvalue weighted by molar-refractivity contribution is 0.112. The summed E-state index contributed by atoms with van der Waals surface area (Å²) in [6.45, 7) is 1.99. The minimum absolute atomic E-state index is 0.0979. The molecule has 80 valence electrons. The standard InChI is InChI=1S/C14H11FO/c1-10-4-2-3-5-13(10)11-6-7-14(15)12(8-11)9-16/h2-9H,1H3. The van der Waals surface area contributed by atoms with Crippen molar-refractivity contribution in [2.75, 3.05) is 0 Å². The number of aryl methyl sites for hydroxylation is 1. The van der Waals surface area contributed by atoms with Crippen LogP contribution in [0.25, 0.3) is 11.1 Å². The van der Waals surface area contributed by atoms with E-state index in [0.29, 0.717) is 6.29 Å². The first kappa shape index (κ1) is 10.6. The van der Waals surface area contributed by atoms with Crippen LogP contribution < -0.4 is 0 Å². The summed E-state index contributed by atoms with van der Waals surface area (Å²) in [5, 5.41) is 0. The van der Waals surface area contributed by atoms with E-state index in [1.807, 2.05) is 31.2 Å². The van der Waals surface area contributed by atoms with Gasteiger partial charge in [0.05, 0.1) is 5.56 Å². The van der Waals surface area contributed by atoms with E-state index in [9.17, 15) is 9.18 Å². The molecule has 2 rings (SSSR count). The molecule has 0 heterocycles. The van der Waals surface area contributed by atoms with E-state index in [1.54, 1.807) is 12.1 Å². The number of rotatable bonds is 2. The van der Waals surface area contributed by atoms with Crippen molar-refractivity contribution in [1.82, 2.24) is 0 Å². The molecular formula is C14H11FO. The highest BCUT2D eigenvalue weighted by Crippen LogP contribution is 2.24. The zero-order valence-electron chi connectivity index (χ0n) is 8.91. The molecule has 0 radical (unpaired) electrons. The van der Waals surface area contributed by atoms with Crippen molar-refractivity contribution in [3.63, 3.8) is 0 Å². The molecule has 2 aromatic carbocycles. The van der Waals surface area contributed by atoms with Crippen LogP contribution in [0.5, 0.6) is 0 Å². The van der Waals surface area contributed by atoms with Crippen LogP contribution in [0, 0.1) is 12.7 Å². The molecule has 0 aromatic heterocycles. The van der Waals surface area contributed by atoms with Gasteiger partial charge in [-0.2, -0.15) is 0 Å². The Morgan fingerprint density at radius 2 is 1.88 bits per heavy atom. The maximum atomic E-state index is 13.2. The van der Waals surface area contributed by atoms with Crippen molar-refractivity contribution in [2.45, 2.75) is 6.92 Å². The molecule has 0 aliphatic heterocycles. The summed E-state index contributed by atoms with van der Waals surface area (Å²) in [4.78, 5) is 10.7. The lowest BCUT2D eigenvalue weighted by Crippen LogP contribution is -1.89. The van der Waals surface area contributed by atoms with Crippen LogP contribution in [0.1, 0.15) is 15.9 Å². The van der Waals surface area contributed by atoms with Crippen LogP contribution >= 0.6 is 0 Å². The second-order valence-corrected chi connectivity index (χ2v) is 3.67. The van der Waals surface area contributed by atoms with Gasteiger partial charge in [-0.3, -0.25) is 4.79 Å². The van der Waals surface area contributed by atoms with Gasteiger partial charge in [-0.25, -0.2) is 4.39 Å². The van der Waals surface area contributed by atoms with E-state index in [1.165, 1.54) is 6.07 Å². The van der Waals surface area contributed by atoms with Crippen molar-refractivity contribution < 1.29 is 9.18 Å². The van der Waals surface area contributed by atoms with Crippen LogP contribution in [0.15, 0.2) is 42.5 Å². The molecule has 1 nitrogen and oxygen atoms in total. The molecule has 0 atom stereocenters. The monoisotopic (exact) mass is 214 g/mol. The highest BCUT2D eigenvalue weighted by Gasteiger charge is 2.05. The molecule has 0 spiro atoms. The van der Waals surface area contributed by atoms with Crippen LogP contribution in [-0.4, -0.2) is 6.29 Å². The van der Waals surface area contributed by atoms with E-state index >= 15 is 0 Å². The predicted octanol–water partition coefficient (Wildman–Crippen LogP) is 3.61. The van der Waals surface area contributed by atoms with Crippen molar-refractivity contribution >= 4 is 6.29 Å². The molecule has 0 saturated heterocycles. The summed E-state index contributed by atoms with van der Waals surface area (Å²) in [5.74, 6) is -0.479. The van der Waals surface area contributed by atoms with E-state index in [2.05, 4.69) is 0 Å². The Morgan fingerprint density at radius 1 is 1.12 bits per heavy atom. The number of carbonyl (C=O) groups is 1. The molecule has 2 heteroatoms. The van der Waals surface area contributed by atoms with Crippen LogP contribution in [-0.2, 0) is 0 Å². The Labute approximate surface area is 93.5 Å². The van der Waals surface area contributed by atoms with Crippen molar-refractivity contribution in [2.24, 2.45) is 0 Å². The Bertz CT molecular complexity index is 532. The van der Waals surface area contributed by atoms with Gasteiger partial charge in [-0.1, -0.05) is 30.3 Å². The van der Waals surface area contributed by atoms with Crippen LogP contribution in [0.2, 0.25) is 0 Å². The zero-order chi connectivity index (χ0) is 11.5. The van der Waals surface area contributed by atoms with E-state index in [-0.39, 0.29) is 5.56 Å². The molecule has 0 aliphatic carbocycles. The molecule has 0 bridgehead atoms. The van der Waals surface area contributed by atoms with Gasteiger partial charge >= 0.3 is 0 Å². The summed E-state index contributed by atoms with van der Waals surface area (Å²) in [5.41, 5.74) is 3.08. The van der Waals surface area contributed by atoms with Gasteiger partial charge in [0, 0.05) is 0 Å². The lowest BCUT2D eigenvalue weighted by atomic mass is 9.99. The van der Waals surface area contributed by atoms with Gasteiger partial charge in [-0.05, 0) is 35.7 Å². The molecular weight excluding hydrogens is 203 g/mol. The van der Waals surface area contributed by atoms with Gasteiger partial charge in [0.2, 0.25) is 0 Å². The molecule has 16 heavy (non-hydrogen) atoms. The Kier molecular flexibility index (Phi) is 2.82. The quantitative estimate of drug-likeness (QED) is 0.698. The fourth-order valence-electron chi connectivity index (χ4n) is 1.70. The van der Waals surface area contributed by atoms with Crippen molar-refractivity contribution in [3.05, 3.63) is 59.4 Å². The average Bonchev–Trinajstić information content (AvgIpc) is 2.31. The van der Waals surface area contributed by atoms with Gasteiger partial charge in [0.15, 0.2) is 6.29 Å². The first-order chi connectivity index (χ1) is 7.72. The molecule has 2 aromatic rings. The zero-order valence-corrected chi connectivity index (χ0v) is 8.91. The normalized spacial score (nSPS) is 10.1. The van der Waals surface area contributed by atoms with E-state index in [0.717, 1.165) is 16.7 Å². The van der Waals surface area contributed by atoms with E-state index in [4.69, 9.17) is 0 Å². The third-order valence-electron chi connectivity index (χ3n) is 2.58. The Hall–Kier alpha value is -1.96.